The summed E-state index contributed by atoms with van der Waals surface area (Å²) < 4.78 is 0. The molecular weight excluding hydrogens is 396 g/mol. The first-order valence-corrected chi connectivity index (χ1v) is 10.6. The molecule has 2 unspecified atom stereocenters. The number of halogens is 1. The van der Waals surface area contributed by atoms with Crippen molar-refractivity contribution in [3.05, 3.63) is 53.3 Å². The van der Waals surface area contributed by atoms with E-state index in [0.29, 0.717) is 17.8 Å². The lowest BCUT2D eigenvalue weighted by Gasteiger charge is -2.18. The summed E-state index contributed by atoms with van der Waals surface area (Å²) in [6.07, 6.45) is 1.86. The molecule has 0 saturated carbocycles. The lowest BCUT2D eigenvalue weighted by molar-refractivity contribution is 0.0782. The van der Waals surface area contributed by atoms with Crippen LogP contribution < -0.4 is 5.32 Å². The number of aryl methyl sites for hydroxylation is 1. The molecule has 1 amide bonds. The standard InChI is InChI=1S/C24H28N4O.ClH/c1-14(2)22-20-9-17(24(29)28-12-18-10-25-11-19(18)13-28)4-5-21(20)27-23(22)16-6-7-26-15(3)8-16;/h4-9,14,18-19,25,27H,10-13H2,1-3H3;1H. The van der Waals surface area contributed by atoms with E-state index in [4.69, 9.17) is 0 Å². The summed E-state index contributed by atoms with van der Waals surface area (Å²) in [4.78, 5) is 23.2. The zero-order valence-electron chi connectivity index (χ0n) is 17.7. The fourth-order valence-electron chi connectivity index (χ4n) is 5.08. The minimum absolute atomic E-state index is 0. The Labute approximate surface area is 183 Å². The van der Waals surface area contributed by atoms with Crippen molar-refractivity contribution in [2.75, 3.05) is 26.2 Å². The van der Waals surface area contributed by atoms with Gasteiger partial charge in [-0.2, -0.15) is 0 Å². The number of carbonyl (C=O) groups is 1. The normalized spacial score (nSPS) is 20.6. The fraction of sp³-hybridized carbons (Fsp3) is 0.417. The zero-order valence-corrected chi connectivity index (χ0v) is 18.6. The predicted molar refractivity (Wildman–Crippen MR) is 123 cm³/mol. The maximum atomic E-state index is 13.2. The lowest BCUT2D eigenvalue weighted by atomic mass is 9.95. The van der Waals surface area contributed by atoms with Gasteiger partial charge in [0.2, 0.25) is 0 Å². The van der Waals surface area contributed by atoms with Crippen LogP contribution >= 0.6 is 12.4 Å². The Bertz CT molecular complexity index is 1080. The summed E-state index contributed by atoms with van der Waals surface area (Å²) in [7, 11) is 0. The molecule has 5 rings (SSSR count). The van der Waals surface area contributed by atoms with Crippen LogP contribution in [0.2, 0.25) is 0 Å². The fourth-order valence-corrected chi connectivity index (χ4v) is 5.08. The van der Waals surface area contributed by atoms with E-state index in [1.54, 1.807) is 0 Å². The van der Waals surface area contributed by atoms with Crippen molar-refractivity contribution in [1.29, 1.82) is 0 Å². The molecule has 3 aromatic rings. The number of fused-ring (bicyclic) bond motifs is 2. The Kier molecular flexibility index (Phi) is 5.60. The first-order chi connectivity index (χ1) is 14.0. The van der Waals surface area contributed by atoms with Crippen LogP contribution in [0.15, 0.2) is 36.5 Å². The highest BCUT2D eigenvalue weighted by molar-refractivity contribution is 6.00. The molecule has 4 heterocycles. The minimum Gasteiger partial charge on any atom is -0.354 e. The van der Waals surface area contributed by atoms with Gasteiger partial charge in [0.15, 0.2) is 0 Å². The van der Waals surface area contributed by atoms with Crippen molar-refractivity contribution >= 4 is 29.2 Å². The van der Waals surface area contributed by atoms with Gasteiger partial charge in [-0.15, -0.1) is 12.4 Å². The van der Waals surface area contributed by atoms with Crippen molar-refractivity contribution in [3.8, 4) is 11.3 Å². The van der Waals surface area contributed by atoms with Gasteiger partial charge >= 0.3 is 0 Å². The van der Waals surface area contributed by atoms with Gasteiger partial charge in [-0.1, -0.05) is 13.8 Å². The first-order valence-electron chi connectivity index (χ1n) is 10.6. The minimum atomic E-state index is 0. The number of aromatic nitrogens is 2. The molecule has 2 atom stereocenters. The van der Waals surface area contributed by atoms with Gasteiger partial charge in [0.25, 0.3) is 5.91 Å². The number of nitrogens with zero attached hydrogens (tertiary/aromatic N) is 2. The maximum absolute atomic E-state index is 13.2. The lowest BCUT2D eigenvalue weighted by Crippen LogP contribution is -2.31. The number of aromatic amines is 1. The molecular formula is C24H29ClN4O. The average Bonchev–Trinajstić information content (AvgIpc) is 3.39. The zero-order chi connectivity index (χ0) is 20.1. The summed E-state index contributed by atoms with van der Waals surface area (Å²) in [6, 6.07) is 10.3. The van der Waals surface area contributed by atoms with E-state index in [1.807, 2.05) is 30.2 Å². The Morgan fingerprint density at radius 2 is 1.87 bits per heavy atom. The largest absolute Gasteiger partial charge is 0.354 e. The quantitative estimate of drug-likeness (QED) is 0.656. The molecule has 0 radical (unpaired) electrons. The first kappa shape index (κ1) is 20.9. The van der Waals surface area contributed by atoms with Crippen LogP contribution in [-0.4, -0.2) is 47.0 Å². The van der Waals surface area contributed by atoms with Crippen LogP contribution in [0.5, 0.6) is 0 Å². The second-order valence-electron chi connectivity index (χ2n) is 8.90. The van der Waals surface area contributed by atoms with Gasteiger partial charge in [-0.25, -0.2) is 0 Å². The molecule has 6 heteroatoms. The Hall–Kier alpha value is -2.37. The summed E-state index contributed by atoms with van der Waals surface area (Å²) in [6.45, 7) is 10.3. The molecule has 0 spiro atoms. The maximum Gasteiger partial charge on any atom is 0.253 e. The smallest absolute Gasteiger partial charge is 0.253 e. The highest BCUT2D eigenvalue weighted by Gasteiger charge is 2.38. The molecule has 158 valence electrons. The van der Waals surface area contributed by atoms with Crippen LogP contribution in [0.25, 0.3) is 22.2 Å². The Morgan fingerprint density at radius 1 is 1.13 bits per heavy atom. The average molecular weight is 425 g/mol. The van der Waals surface area contributed by atoms with Gasteiger partial charge in [-0.05, 0) is 60.6 Å². The topological polar surface area (TPSA) is 61.0 Å². The molecule has 2 saturated heterocycles. The van der Waals surface area contributed by atoms with Crippen molar-refractivity contribution in [2.24, 2.45) is 11.8 Å². The van der Waals surface area contributed by atoms with Gasteiger partial charge in [0.1, 0.15) is 0 Å². The number of benzene rings is 1. The second-order valence-corrected chi connectivity index (χ2v) is 8.90. The molecule has 2 fully saturated rings. The number of pyridine rings is 1. The van der Waals surface area contributed by atoms with E-state index in [-0.39, 0.29) is 18.3 Å². The predicted octanol–water partition coefficient (Wildman–Crippen LogP) is 4.37. The monoisotopic (exact) mass is 424 g/mol. The third-order valence-corrected chi connectivity index (χ3v) is 6.53. The molecule has 1 aromatic carbocycles. The SMILES string of the molecule is Cc1cc(-c2[nH]c3ccc(C(=O)N4CC5CNCC5C4)cc3c2C(C)C)ccn1.Cl. The molecule has 0 aliphatic carbocycles. The van der Waals surface area contributed by atoms with Crippen LogP contribution in [-0.2, 0) is 0 Å². The summed E-state index contributed by atoms with van der Waals surface area (Å²) in [5.74, 6) is 1.73. The second kappa shape index (κ2) is 8.05. The highest BCUT2D eigenvalue weighted by atomic mass is 35.5. The van der Waals surface area contributed by atoms with Crippen LogP contribution in [0, 0.1) is 18.8 Å². The third kappa shape index (κ3) is 3.50. The van der Waals surface area contributed by atoms with Crippen LogP contribution in [0.3, 0.4) is 0 Å². The number of hydrogen-bond donors (Lipinski definition) is 2. The van der Waals surface area contributed by atoms with E-state index in [1.165, 1.54) is 5.56 Å². The van der Waals surface area contributed by atoms with Crippen molar-refractivity contribution in [2.45, 2.75) is 26.7 Å². The van der Waals surface area contributed by atoms with E-state index in [2.05, 4.69) is 47.3 Å². The number of rotatable bonds is 3. The van der Waals surface area contributed by atoms with Gasteiger partial charge in [-0.3, -0.25) is 9.78 Å². The number of hydrogen-bond acceptors (Lipinski definition) is 3. The Balaban J connectivity index is 0.00000218. The number of amides is 1. The van der Waals surface area contributed by atoms with Crippen LogP contribution in [0.1, 0.15) is 41.4 Å². The number of carbonyl (C=O) groups excluding carboxylic acids is 1. The third-order valence-electron chi connectivity index (χ3n) is 6.53. The summed E-state index contributed by atoms with van der Waals surface area (Å²) in [5, 5.41) is 4.59. The number of nitrogens with one attached hydrogen (secondary N) is 2. The molecule has 30 heavy (non-hydrogen) atoms. The Morgan fingerprint density at radius 3 is 2.53 bits per heavy atom. The van der Waals surface area contributed by atoms with Gasteiger partial charge < -0.3 is 15.2 Å². The van der Waals surface area contributed by atoms with E-state index in [0.717, 1.165) is 59.6 Å². The van der Waals surface area contributed by atoms with E-state index < -0.39 is 0 Å². The molecule has 2 aliphatic heterocycles. The van der Waals surface area contributed by atoms with Gasteiger partial charge in [0.05, 0.1) is 5.69 Å². The van der Waals surface area contributed by atoms with Gasteiger partial charge in [0, 0.05) is 60.1 Å². The van der Waals surface area contributed by atoms with Crippen molar-refractivity contribution in [3.63, 3.8) is 0 Å². The van der Waals surface area contributed by atoms with Crippen molar-refractivity contribution < 1.29 is 4.79 Å². The van der Waals surface area contributed by atoms with Crippen LogP contribution in [0.4, 0.5) is 0 Å². The number of H-pyrrole nitrogens is 1. The van der Waals surface area contributed by atoms with E-state index in [9.17, 15) is 4.79 Å². The van der Waals surface area contributed by atoms with E-state index >= 15 is 0 Å². The highest BCUT2D eigenvalue weighted by Crippen LogP contribution is 2.36. The molecule has 2 aliphatic rings. The van der Waals surface area contributed by atoms with Crippen molar-refractivity contribution in [1.82, 2.24) is 20.2 Å². The molecule has 0 bridgehead atoms. The molecule has 2 aromatic heterocycles. The number of likely N-dealkylation sites (tertiary alicyclic amines) is 1. The molecule has 2 N–H and O–H groups in total. The summed E-state index contributed by atoms with van der Waals surface area (Å²) >= 11 is 0. The summed E-state index contributed by atoms with van der Waals surface area (Å²) in [5.41, 5.74) is 6.42. The molecule has 5 nitrogen and oxygen atoms in total.